The predicted octanol–water partition coefficient (Wildman–Crippen LogP) is 3.19. The van der Waals surface area contributed by atoms with Crippen molar-refractivity contribution < 1.29 is 4.79 Å². The highest BCUT2D eigenvalue weighted by Gasteiger charge is 2.16. The number of hydrogen-bond acceptors (Lipinski definition) is 1. The molecule has 0 aromatic heterocycles. The molecule has 1 unspecified atom stereocenters. The molecule has 0 aliphatic rings. The minimum Gasteiger partial charge on any atom is -0.356 e. The highest BCUT2D eigenvalue weighted by atomic mass is 35.5. The van der Waals surface area contributed by atoms with Gasteiger partial charge in [-0.1, -0.05) is 33.6 Å². The molecule has 0 saturated heterocycles. The minimum atomic E-state index is 0.197. The number of halogens is 1. The lowest BCUT2D eigenvalue weighted by Gasteiger charge is -2.16. The molecule has 1 amide bonds. The molecule has 0 bridgehead atoms. The van der Waals surface area contributed by atoms with Gasteiger partial charge in [0.1, 0.15) is 0 Å². The van der Waals surface area contributed by atoms with E-state index in [4.69, 9.17) is 11.6 Å². The second-order valence-corrected chi connectivity index (χ2v) is 4.59. The van der Waals surface area contributed by atoms with Gasteiger partial charge in [0.05, 0.1) is 0 Å². The van der Waals surface area contributed by atoms with E-state index < -0.39 is 0 Å². The van der Waals surface area contributed by atoms with Crippen LogP contribution in [0.5, 0.6) is 0 Å². The molecular formula is C12H24ClNO. The van der Waals surface area contributed by atoms with Crippen LogP contribution < -0.4 is 5.32 Å². The molecule has 0 heterocycles. The van der Waals surface area contributed by atoms with Crippen molar-refractivity contribution in [3.63, 3.8) is 0 Å². The zero-order valence-corrected chi connectivity index (χ0v) is 10.9. The summed E-state index contributed by atoms with van der Waals surface area (Å²) in [6, 6.07) is 0. The van der Waals surface area contributed by atoms with Crippen molar-refractivity contribution in [2.75, 3.05) is 12.4 Å². The van der Waals surface area contributed by atoms with Crippen LogP contribution >= 0.6 is 11.6 Å². The second kappa shape index (κ2) is 9.02. The number of hydrogen-bond donors (Lipinski definition) is 1. The van der Waals surface area contributed by atoms with E-state index in [9.17, 15) is 4.79 Å². The average molecular weight is 234 g/mol. The summed E-state index contributed by atoms with van der Waals surface area (Å²) in [6.45, 7) is 6.99. The van der Waals surface area contributed by atoms with Crippen molar-refractivity contribution in [2.45, 2.75) is 46.5 Å². The second-order valence-electron chi connectivity index (χ2n) is 4.28. The van der Waals surface area contributed by atoms with E-state index in [2.05, 4.69) is 19.2 Å². The van der Waals surface area contributed by atoms with Crippen LogP contribution in [0.2, 0.25) is 0 Å². The maximum absolute atomic E-state index is 11.8. The Balaban J connectivity index is 3.90. The summed E-state index contributed by atoms with van der Waals surface area (Å²) in [7, 11) is 0. The molecule has 0 aliphatic carbocycles. The lowest BCUT2D eigenvalue weighted by atomic mass is 9.97. The fourth-order valence-electron chi connectivity index (χ4n) is 1.58. The molecule has 3 heteroatoms. The quantitative estimate of drug-likeness (QED) is 0.641. The summed E-state index contributed by atoms with van der Waals surface area (Å²) in [6.07, 6.45) is 4.14. The fourth-order valence-corrected chi connectivity index (χ4v) is 1.69. The van der Waals surface area contributed by atoms with Gasteiger partial charge in [-0.25, -0.2) is 0 Å². The smallest absolute Gasteiger partial charge is 0.223 e. The van der Waals surface area contributed by atoms with Crippen molar-refractivity contribution in [2.24, 2.45) is 11.8 Å². The summed E-state index contributed by atoms with van der Waals surface area (Å²) in [5, 5.41) is 2.98. The Hall–Kier alpha value is -0.240. The lowest BCUT2D eigenvalue weighted by molar-refractivity contribution is -0.125. The molecule has 1 atom stereocenters. The maximum atomic E-state index is 11.8. The summed E-state index contributed by atoms with van der Waals surface area (Å²) in [4.78, 5) is 11.8. The van der Waals surface area contributed by atoms with Gasteiger partial charge in [0.15, 0.2) is 0 Å². The standard InChI is InChI=1S/C12H24ClNO/c1-4-6-11(7-5-2)12(15)14-9-10(3)8-13/h10-11H,4-9H2,1-3H3,(H,14,15). The van der Waals surface area contributed by atoms with Crippen molar-refractivity contribution in [1.29, 1.82) is 0 Å². The Bertz CT molecular complexity index is 167. The van der Waals surface area contributed by atoms with Crippen LogP contribution in [0.3, 0.4) is 0 Å². The molecule has 1 N–H and O–H groups in total. The summed E-state index contributed by atoms with van der Waals surface area (Å²) >= 11 is 5.69. The first kappa shape index (κ1) is 14.8. The topological polar surface area (TPSA) is 29.1 Å². The van der Waals surface area contributed by atoms with Crippen LogP contribution in [0.1, 0.15) is 46.5 Å². The van der Waals surface area contributed by atoms with E-state index in [1.807, 2.05) is 6.92 Å². The first-order chi connectivity index (χ1) is 7.15. The van der Waals surface area contributed by atoms with Gasteiger partial charge in [-0.3, -0.25) is 4.79 Å². The van der Waals surface area contributed by atoms with Crippen molar-refractivity contribution >= 4 is 17.5 Å². The Morgan fingerprint density at radius 1 is 1.27 bits per heavy atom. The summed E-state index contributed by atoms with van der Waals surface area (Å²) in [5.41, 5.74) is 0. The number of alkyl halides is 1. The molecule has 90 valence electrons. The van der Waals surface area contributed by atoms with E-state index in [0.29, 0.717) is 18.3 Å². The average Bonchev–Trinajstić information content (AvgIpc) is 2.25. The molecule has 15 heavy (non-hydrogen) atoms. The maximum Gasteiger partial charge on any atom is 0.223 e. The molecule has 0 radical (unpaired) electrons. The van der Waals surface area contributed by atoms with Crippen LogP contribution in [0.25, 0.3) is 0 Å². The van der Waals surface area contributed by atoms with E-state index in [-0.39, 0.29) is 11.8 Å². The van der Waals surface area contributed by atoms with Crippen LogP contribution in [0.15, 0.2) is 0 Å². The van der Waals surface area contributed by atoms with Gasteiger partial charge in [0.25, 0.3) is 0 Å². The van der Waals surface area contributed by atoms with Crippen LogP contribution in [0.4, 0.5) is 0 Å². The zero-order valence-electron chi connectivity index (χ0n) is 10.2. The summed E-state index contributed by atoms with van der Waals surface area (Å²) in [5.74, 6) is 1.37. The third-order valence-corrected chi connectivity index (χ3v) is 3.06. The number of nitrogens with one attached hydrogen (secondary N) is 1. The van der Waals surface area contributed by atoms with Gasteiger partial charge >= 0.3 is 0 Å². The number of amides is 1. The van der Waals surface area contributed by atoms with Gasteiger partial charge in [0, 0.05) is 18.3 Å². The molecular weight excluding hydrogens is 210 g/mol. The number of rotatable bonds is 8. The Morgan fingerprint density at radius 3 is 2.20 bits per heavy atom. The van der Waals surface area contributed by atoms with E-state index >= 15 is 0 Å². The third kappa shape index (κ3) is 6.77. The minimum absolute atomic E-state index is 0.197. The molecule has 2 nitrogen and oxygen atoms in total. The highest BCUT2D eigenvalue weighted by molar-refractivity contribution is 6.18. The SMILES string of the molecule is CCCC(CCC)C(=O)NCC(C)CCl. The van der Waals surface area contributed by atoms with Gasteiger partial charge in [-0.2, -0.15) is 0 Å². The van der Waals surface area contributed by atoms with E-state index in [0.717, 1.165) is 25.7 Å². The molecule has 0 aromatic carbocycles. The van der Waals surface area contributed by atoms with Crippen LogP contribution in [-0.2, 0) is 4.79 Å². The normalized spacial score (nSPS) is 12.9. The molecule has 0 aromatic rings. The Labute approximate surface area is 98.8 Å². The monoisotopic (exact) mass is 233 g/mol. The highest BCUT2D eigenvalue weighted by Crippen LogP contribution is 2.13. The Morgan fingerprint density at radius 2 is 1.80 bits per heavy atom. The first-order valence-electron chi connectivity index (χ1n) is 5.99. The van der Waals surface area contributed by atoms with Gasteiger partial charge in [0.2, 0.25) is 5.91 Å². The van der Waals surface area contributed by atoms with E-state index in [1.54, 1.807) is 0 Å². The first-order valence-corrected chi connectivity index (χ1v) is 6.52. The Kier molecular flexibility index (Phi) is 8.88. The lowest BCUT2D eigenvalue weighted by Crippen LogP contribution is -2.34. The van der Waals surface area contributed by atoms with E-state index in [1.165, 1.54) is 0 Å². The molecule has 0 saturated carbocycles. The molecule has 0 spiro atoms. The summed E-state index contributed by atoms with van der Waals surface area (Å²) < 4.78 is 0. The molecule has 0 aliphatic heterocycles. The van der Waals surface area contributed by atoms with Gasteiger partial charge in [-0.15, -0.1) is 11.6 Å². The van der Waals surface area contributed by atoms with Crippen molar-refractivity contribution in [3.8, 4) is 0 Å². The fraction of sp³-hybridized carbons (Fsp3) is 0.917. The van der Waals surface area contributed by atoms with Crippen molar-refractivity contribution in [3.05, 3.63) is 0 Å². The number of carbonyl (C=O) groups excluding carboxylic acids is 1. The largest absolute Gasteiger partial charge is 0.356 e. The van der Waals surface area contributed by atoms with Crippen molar-refractivity contribution in [1.82, 2.24) is 5.32 Å². The zero-order chi connectivity index (χ0) is 11.7. The van der Waals surface area contributed by atoms with Gasteiger partial charge < -0.3 is 5.32 Å². The van der Waals surface area contributed by atoms with Gasteiger partial charge in [-0.05, 0) is 18.8 Å². The van der Waals surface area contributed by atoms with Crippen LogP contribution in [0, 0.1) is 11.8 Å². The third-order valence-electron chi connectivity index (χ3n) is 2.53. The predicted molar refractivity (Wildman–Crippen MR) is 66.2 cm³/mol. The van der Waals surface area contributed by atoms with Crippen LogP contribution in [-0.4, -0.2) is 18.3 Å². The molecule has 0 rings (SSSR count). The molecule has 0 fully saturated rings. The number of carbonyl (C=O) groups is 1.